The molecule has 0 spiro atoms. The lowest BCUT2D eigenvalue weighted by Gasteiger charge is -2.25. The quantitative estimate of drug-likeness (QED) is 0.473. The molecule has 32 heavy (non-hydrogen) atoms. The lowest BCUT2D eigenvalue weighted by molar-refractivity contribution is 0.214. The molecular weight excluding hydrogens is 420 g/mol. The highest BCUT2D eigenvalue weighted by molar-refractivity contribution is 7.99. The van der Waals surface area contributed by atoms with E-state index in [0.29, 0.717) is 24.7 Å². The predicted octanol–water partition coefficient (Wildman–Crippen LogP) is 6.12. The number of carbonyl (C=O) groups excluding carboxylic acids is 1. The van der Waals surface area contributed by atoms with Crippen molar-refractivity contribution < 1.29 is 14.3 Å². The van der Waals surface area contributed by atoms with Gasteiger partial charge >= 0.3 is 6.03 Å². The number of thioether (sulfide) groups is 1. The van der Waals surface area contributed by atoms with Gasteiger partial charge in [0.15, 0.2) is 11.5 Å². The largest absolute Gasteiger partial charge is 0.493 e. The summed E-state index contributed by atoms with van der Waals surface area (Å²) in [5, 5.41) is 3.03. The third-order valence-corrected chi connectivity index (χ3v) is 6.76. The molecule has 5 nitrogen and oxygen atoms in total. The van der Waals surface area contributed by atoms with Crippen LogP contribution in [0.5, 0.6) is 11.5 Å². The number of hydrogen-bond acceptors (Lipinski definition) is 4. The number of aryl methyl sites for hydroxylation is 1. The minimum atomic E-state index is -0.0801. The van der Waals surface area contributed by atoms with Crippen molar-refractivity contribution in [1.82, 2.24) is 4.90 Å². The van der Waals surface area contributed by atoms with Gasteiger partial charge < -0.3 is 19.7 Å². The van der Waals surface area contributed by atoms with E-state index >= 15 is 0 Å². The van der Waals surface area contributed by atoms with Crippen molar-refractivity contribution in [2.24, 2.45) is 0 Å². The molecular formula is C26H28N2O3S. The summed E-state index contributed by atoms with van der Waals surface area (Å²) in [7, 11) is 1.64. The molecule has 166 valence electrons. The van der Waals surface area contributed by atoms with E-state index < -0.39 is 0 Å². The monoisotopic (exact) mass is 448 g/mol. The summed E-state index contributed by atoms with van der Waals surface area (Å²) in [6, 6.07) is 23.8. The Bertz CT molecular complexity index is 1060. The number of urea groups is 1. The van der Waals surface area contributed by atoms with E-state index in [1.807, 2.05) is 77.7 Å². The van der Waals surface area contributed by atoms with E-state index in [0.717, 1.165) is 34.6 Å². The fourth-order valence-corrected chi connectivity index (χ4v) is 5.03. The average molecular weight is 449 g/mol. The van der Waals surface area contributed by atoms with Gasteiger partial charge in [-0.15, -0.1) is 11.8 Å². The maximum Gasteiger partial charge on any atom is 0.323 e. The molecule has 0 aliphatic carbocycles. The van der Waals surface area contributed by atoms with Gasteiger partial charge in [0.25, 0.3) is 0 Å². The molecule has 2 amide bonds. The second-order valence-electron chi connectivity index (χ2n) is 7.54. The normalized spacial score (nSPS) is 15.4. The Morgan fingerprint density at radius 1 is 1.06 bits per heavy atom. The first-order chi connectivity index (χ1) is 15.7. The summed E-state index contributed by atoms with van der Waals surface area (Å²) in [5.74, 6) is 2.25. The number of hydrogen-bond donors (Lipinski definition) is 1. The van der Waals surface area contributed by atoms with Crippen molar-refractivity contribution in [2.45, 2.75) is 25.3 Å². The number of ether oxygens (including phenoxy) is 2. The second-order valence-corrected chi connectivity index (χ2v) is 8.73. The van der Waals surface area contributed by atoms with Crippen LogP contribution in [0.2, 0.25) is 0 Å². The zero-order chi connectivity index (χ0) is 22.3. The van der Waals surface area contributed by atoms with Gasteiger partial charge in [0.1, 0.15) is 12.0 Å². The van der Waals surface area contributed by atoms with Crippen molar-refractivity contribution in [3.05, 3.63) is 89.5 Å². The van der Waals surface area contributed by atoms with Gasteiger partial charge in [-0.2, -0.15) is 0 Å². The summed E-state index contributed by atoms with van der Waals surface area (Å²) in [6.07, 6.45) is 0.870. The molecule has 1 heterocycles. The van der Waals surface area contributed by atoms with Gasteiger partial charge in [0, 0.05) is 18.0 Å². The minimum Gasteiger partial charge on any atom is -0.493 e. The van der Waals surface area contributed by atoms with Crippen LogP contribution in [0, 0.1) is 0 Å². The number of amides is 2. The predicted molar refractivity (Wildman–Crippen MR) is 131 cm³/mol. The van der Waals surface area contributed by atoms with Crippen LogP contribution in [-0.2, 0) is 13.0 Å². The van der Waals surface area contributed by atoms with Gasteiger partial charge in [0.2, 0.25) is 0 Å². The first-order valence-electron chi connectivity index (χ1n) is 10.8. The summed E-state index contributed by atoms with van der Waals surface area (Å²) in [4.78, 5) is 15.0. The number of nitrogens with zero attached hydrogens (tertiary/aromatic N) is 1. The number of nitrogens with one attached hydrogen (secondary N) is 1. The third kappa shape index (κ3) is 5.02. The highest BCUT2D eigenvalue weighted by Crippen LogP contribution is 2.41. The minimum absolute atomic E-state index is 0.0752. The Hall–Kier alpha value is -3.12. The Morgan fingerprint density at radius 2 is 1.84 bits per heavy atom. The molecule has 0 saturated carbocycles. The number of benzene rings is 3. The zero-order valence-electron chi connectivity index (χ0n) is 18.4. The van der Waals surface area contributed by atoms with Crippen molar-refractivity contribution in [3.63, 3.8) is 0 Å². The molecule has 3 aromatic carbocycles. The van der Waals surface area contributed by atoms with Crippen LogP contribution < -0.4 is 14.8 Å². The van der Waals surface area contributed by atoms with Crippen LogP contribution in [0.4, 0.5) is 10.5 Å². The molecule has 3 aromatic rings. The van der Waals surface area contributed by atoms with Crippen LogP contribution in [0.25, 0.3) is 0 Å². The van der Waals surface area contributed by atoms with E-state index in [-0.39, 0.29) is 11.4 Å². The van der Waals surface area contributed by atoms with Gasteiger partial charge in [0.05, 0.1) is 7.11 Å². The molecule has 1 aliphatic rings. The average Bonchev–Trinajstić information content (AvgIpc) is 3.34. The van der Waals surface area contributed by atoms with Gasteiger partial charge in [-0.1, -0.05) is 61.5 Å². The van der Waals surface area contributed by atoms with E-state index in [9.17, 15) is 4.79 Å². The molecule has 1 aliphatic heterocycles. The SMILES string of the molecule is CCc1ccccc1NC(=O)N1CCSC1c1ccc(OC)c(OCc2ccccc2)c1. The molecule has 4 rings (SSSR count). The maximum absolute atomic E-state index is 13.1. The van der Waals surface area contributed by atoms with Crippen molar-refractivity contribution >= 4 is 23.5 Å². The standard InChI is InChI=1S/C26H28N2O3S/c1-3-20-11-7-8-12-22(20)27-26(29)28-15-16-32-25(28)21-13-14-23(30-2)24(17-21)31-18-19-9-5-4-6-10-19/h4-14,17,25H,3,15-16,18H2,1-2H3,(H,27,29). The number of methoxy groups -OCH3 is 1. The zero-order valence-corrected chi connectivity index (χ0v) is 19.2. The smallest absolute Gasteiger partial charge is 0.323 e. The summed E-state index contributed by atoms with van der Waals surface area (Å²) >= 11 is 1.76. The Labute approximate surface area is 193 Å². The Kier molecular flexibility index (Phi) is 7.22. The van der Waals surface area contributed by atoms with E-state index in [4.69, 9.17) is 9.47 Å². The number of para-hydroxylation sites is 1. The van der Waals surface area contributed by atoms with E-state index in [1.54, 1.807) is 18.9 Å². The molecule has 0 bridgehead atoms. The third-order valence-electron chi connectivity index (χ3n) is 5.50. The summed E-state index contributed by atoms with van der Waals surface area (Å²) in [6.45, 7) is 3.24. The van der Waals surface area contributed by atoms with Crippen molar-refractivity contribution in [2.75, 3.05) is 24.7 Å². The number of anilines is 1. The van der Waals surface area contributed by atoms with Crippen LogP contribution in [-0.4, -0.2) is 30.3 Å². The highest BCUT2D eigenvalue weighted by Gasteiger charge is 2.31. The van der Waals surface area contributed by atoms with Crippen LogP contribution in [0.15, 0.2) is 72.8 Å². The lowest BCUT2D eigenvalue weighted by Crippen LogP contribution is -2.34. The molecule has 1 fully saturated rings. The van der Waals surface area contributed by atoms with Crippen molar-refractivity contribution in [3.8, 4) is 11.5 Å². The van der Waals surface area contributed by atoms with Gasteiger partial charge in [-0.25, -0.2) is 4.79 Å². The highest BCUT2D eigenvalue weighted by atomic mass is 32.2. The molecule has 1 atom stereocenters. The molecule has 1 unspecified atom stereocenters. The van der Waals surface area contributed by atoms with Crippen LogP contribution in [0.1, 0.15) is 29.0 Å². The fraction of sp³-hybridized carbons (Fsp3) is 0.269. The first-order valence-corrected chi connectivity index (χ1v) is 11.9. The van der Waals surface area contributed by atoms with Crippen LogP contribution >= 0.6 is 11.8 Å². The summed E-state index contributed by atoms with van der Waals surface area (Å²) in [5.41, 5.74) is 4.11. The summed E-state index contributed by atoms with van der Waals surface area (Å²) < 4.78 is 11.6. The number of rotatable bonds is 7. The second kappa shape index (κ2) is 10.5. The Morgan fingerprint density at radius 3 is 2.62 bits per heavy atom. The topological polar surface area (TPSA) is 50.8 Å². The molecule has 1 saturated heterocycles. The molecule has 6 heteroatoms. The number of carbonyl (C=O) groups is 1. The first kappa shape index (κ1) is 22.1. The molecule has 0 aromatic heterocycles. The lowest BCUT2D eigenvalue weighted by atomic mass is 10.1. The fourth-order valence-electron chi connectivity index (χ4n) is 3.79. The Balaban J connectivity index is 1.52. The van der Waals surface area contributed by atoms with E-state index in [1.165, 1.54) is 0 Å². The molecule has 0 radical (unpaired) electrons. The molecule has 1 N–H and O–H groups in total. The maximum atomic E-state index is 13.1. The van der Waals surface area contributed by atoms with E-state index in [2.05, 4.69) is 12.2 Å². The van der Waals surface area contributed by atoms with Crippen molar-refractivity contribution in [1.29, 1.82) is 0 Å². The van der Waals surface area contributed by atoms with Gasteiger partial charge in [-0.3, -0.25) is 0 Å². The van der Waals surface area contributed by atoms with Crippen LogP contribution in [0.3, 0.4) is 0 Å². The van der Waals surface area contributed by atoms with Gasteiger partial charge in [-0.05, 0) is 41.3 Å².